The molecule has 16 heavy (non-hydrogen) atoms. The minimum absolute atomic E-state index is 0.232. The van der Waals surface area contributed by atoms with E-state index in [0.29, 0.717) is 5.69 Å². The molecule has 1 fully saturated rings. The number of methoxy groups -OCH3 is 1. The van der Waals surface area contributed by atoms with Gasteiger partial charge in [0.05, 0.1) is 20.3 Å². The van der Waals surface area contributed by atoms with Crippen molar-refractivity contribution in [3.05, 3.63) is 30.1 Å². The lowest BCUT2D eigenvalue weighted by Crippen LogP contribution is -2.62. The molecular formula is C11H12FNO3. The van der Waals surface area contributed by atoms with Crippen molar-refractivity contribution in [2.24, 2.45) is 0 Å². The van der Waals surface area contributed by atoms with Crippen molar-refractivity contribution < 1.29 is 18.7 Å². The molecule has 0 aliphatic carbocycles. The topological polar surface area (TPSA) is 47.6 Å². The standard InChI is InChI=1S/C11H12FNO3/c1-15-10(14)11(6-16-7-11)13-9-4-2-3-8(12)5-9/h2-5,13H,6-7H2,1H3. The lowest BCUT2D eigenvalue weighted by Gasteiger charge is -2.39. The number of carbonyl (C=O) groups is 1. The molecular weight excluding hydrogens is 213 g/mol. The molecule has 0 spiro atoms. The summed E-state index contributed by atoms with van der Waals surface area (Å²) in [5.74, 6) is -0.756. The smallest absolute Gasteiger partial charge is 0.336 e. The molecule has 1 aliphatic heterocycles. The lowest BCUT2D eigenvalue weighted by atomic mass is 9.97. The zero-order valence-electron chi connectivity index (χ0n) is 8.83. The van der Waals surface area contributed by atoms with Crippen LogP contribution in [0, 0.1) is 5.82 Å². The summed E-state index contributed by atoms with van der Waals surface area (Å²) < 4.78 is 22.7. The number of benzene rings is 1. The van der Waals surface area contributed by atoms with Crippen molar-refractivity contribution in [2.75, 3.05) is 25.6 Å². The first-order chi connectivity index (χ1) is 7.66. The number of anilines is 1. The van der Waals surface area contributed by atoms with Crippen molar-refractivity contribution in [1.29, 1.82) is 0 Å². The fraction of sp³-hybridized carbons (Fsp3) is 0.364. The lowest BCUT2D eigenvalue weighted by molar-refractivity contribution is -0.161. The molecule has 86 valence electrons. The highest BCUT2D eigenvalue weighted by Crippen LogP contribution is 2.25. The Hall–Kier alpha value is -1.62. The van der Waals surface area contributed by atoms with E-state index in [9.17, 15) is 9.18 Å². The zero-order chi connectivity index (χ0) is 11.6. The molecule has 1 heterocycles. The second-order valence-corrected chi connectivity index (χ2v) is 3.70. The van der Waals surface area contributed by atoms with Crippen LogP contribution in [0.15, 0.2) is 24.3 Å². The van der Waals surface area contributed by atoms with Crippen molar-refractivity contribution in [1.82, 2.24) is 0 Å². The van der Waals surface area contributed by atoms with E-state index in [4.69, 9.17) is 4.74 Å². The molecule has 0 aromatic heterocycles. The van der Waals surface area contributed by atoms with E-state index in [1.54, 1.807) is 12.1 Å². The highest BCUT2D eigenvalue weighted by molar-refractivity contribution is 5.86. The van der Waals surface area contributed by atoms with Crippen LogP contribution in [0.25, 0.3) is 0 Å². The maximum atomic E-state index is 13.0. The molecule has 0 bridgehead atoms. The van der Waals surface area contributed by atoms with E-state index >= 15 is 0 Å². The zero-order valence-corrected chi connectivity index (χ0v) is 8.83. The maximum Gasteiger partial charge on any atom is 0.336 e. The fourth-order valence-electron chi connectivity index (χ4n) is 1.59. The summed E-state index contributed by atoms with van der Waals surface area (Å²) in [6, 6.07) is 5.92. The first-order valence-corrected chi connectivity index (χ1v) is 4.86. The molecule has 1 N–H and O–H groups in total. The Labute approximate surface area is 92.4 Å². The Kier molecular flexibility index (Phi) is 2.78. The van der Waals surface area contributed by atoms with Gasteiger partial charge < -0.3 is 14.8 Å². The molecule has 1 saturated heterocycles. The highest BCUT2D eigenvalue weighted by Gasteiger charge is 2.47. The molecule has 0 amide bonds. The van der Waals surface area contributed by atoms with Crippen LogP contribution in [-0.2, 0) is 14.3 Å². The molecule has 4 nitrogen and oxygen atoms in total. The van der Waals surface area contributed by atoms with Crippen LogP contribution < -0.4 is 5.32 Å². The van der Waals surface area contributed by atoms with E-state index in [1.165, 1.54) is 19.2 Å². The number of hydrogen-bond acceptors (Lipinski definition) is 4. The van der Waals surface area contributed by atoms with Gasteiger partial charge in [-0.15, -0.1) is 0 Å². The minimum atomic E-state index is -0.872. The Morgan fingerprint density at radius 1 is 1.56 bits per heavy atom. The first kappa shape index (κ1) is 10.9. The average molecular weight is 225 g/mol. The van der Waals surface area contributed by atoms with Crippen LogP contribution in [0.4, 0.5) is 10.1 Å². The summed E-state index contributed by atoms with van der Waals surface area (Å²) in [5, 5.41) is 2.94. The predicted molar refractivity (Wildman–Crippen MR) is 55.6 cm³/mol. The molecule has 0 radical (unpaired) electrons. The molecule has 0 atom stereocenters. The predicted octanol–water partition coefficient (Wildman–Crippen LogP) is 1.18. The van der Waals surface area contributed by atoms with Crippen LogP contribution in [0.3, 0.4) is 0 Å². The minimum Gasteiger partial charge on any atom is -0.467 e. The van der Waals surface area contributed by atoms with Gasteiger partial charge >= 0.3 is 5.97 Å². The first-order valence-electron chi connectivity index (χ1n) is 4.86. The van der Waals surface area contributed by atoms with Crippen molar-refractivity contribution in [3.63, 3.8) is 0 Å². The summed E-state index contributed by atoms with van der Waals surface area (Å²) >= 11 is 0. The normalized spacial score (nSPS) is 17.4. The van der Waals surface area contributed by atoms with Crippen LogP contribution in [-0.4, -0.2) is 31.8 Å². The van der Waals surface area contributed by atoms with Crippen molar-refractivity contribution in [3.8, 4) is 0 Å². The van der Waals surface area contributed by atoms with E-state index in [0.717, 1.165) is 0 Å². The van der Waals surface area contributed by atoms with E-state index < -0.39 is 11.5 Å². The van der Waals surface area contributed by atoms with Gasteiger partial charge in [0.2, 0.25) is 0 Å². The SMILES string of the molecule is COC(=O)C1(Nc2cccc(F)c2)COC1. The van der Waals surface area contributed by atoms with E-state index in [-0.39, 0.29) is 19.0 Å². The largest absolute Gasteiger partial charge is 0.467 e. The van der Waals surface area contributed by atoms with Gasteiger partial charge in [0.15, 0.2) is 5.54 Å². The van der Waals surface area contributed by atoms with Gasteiger partial charge in [-0.2, -0.15) is 0 Å². The molecule has 0 saturated carbocycles. The number of halogens is 1. The quantitative estimate of drug-likeness (QED) is 0.785. The van der Waals surface area contributed by atoms with Crippen LogP contribution in [0.2, 0.25) is 0 Å². The Balaban J connectivity index is 2.16. The second kappa shape index (κ2) is 4.09. The fourth-order valence-corrected chi connectivity index (χ4v) is 1.59. The summed E-state index contributed by atoms with van der Waals surface area (Å²) in [6.07, 6.45) is 0. The van der Waals surface area contributed by atoms with Gasteiger partial charge in [-0.3, -0.25) is 0 Å². The number of rotatable bonds is 3. The van der Waals surface area contributed by atoms with Crippen LogP contribution >= 0.6 is 0 Å². The molecule has 2 rings (SSSR count). The van der Waals surface area contributed by atoms with Gasteiger partial charge in [-0.1, -0.05) is 6.07 Å². The summed E-state index contributed by atoms with van der Waals surface area (Å²) in [4.78, 5) is 11.5. The van der Waals surface area contributed by atoms with Gasteiger partial charge in [-0.25, -0.2) is 9.18 Å². The van der Waals surface area contributed by atoms with Gasteiger partial charge in [-0.05, 0) is 18.2 Å². The third kappa shape index (κ3) is 1.86. The average Bonchev–Trinajstić information content (AvgIpc) is 2.22. The van der Waals surface area contributed by atoms with Gasteiger partial charge in [0.1, 0.15) is 5.82 Å². The van der Waals surface area contributed by atoms with E-state index in [1.807, 2.05) is 0 Å². The summed E-state index contributed by atoms with van der Waals surface area (Å²) in [6.45, 7) is 0.465. The molecule has 0 unspecified atom stereocenters. The maximum absolute atomic E-state index is 13.0. The summed E-state index contributed by atoms with van der Waals surface area (Å²) in [7, 11) is 1.32. The molecule has 5 heteroatoms. The van der Waals surface area contributed by atoms with Crippen LogP contribution in [0.5, 0.6) is 0 Å². The number of hydrogen-bond donors (Lipinski definition) is 1. The third-order valence-corrected chi connectivity index (χ3v) is 2.48. The van der Waals surface area contributed by atoms with Crippen molar-refractivity contribution in [2.45, 2.75) is 5.54 Å². The number of nitrogens with one attached hydrogen (secondary N) is 1. The highest BCUT2D eigenvalue weighted by atomic mass is 19.1. The number of esters is 1. The Morgan fingerprint density at radius 3 is 2.81 bits per heavy atom. The Bertz CT molecular complexity index is 404. The number of carbonyl (C=O) groups excluding carboxylic acids is 1. The van der Waals surface area contributed by atoms with E-state index in [2.05, 4.69) is 10.1 Å². The molecule has 1 aromatic rings. The van der Waals surface area contributed by atoms with Crippen LogP contribution in [0.1, 0.15) is 0 Å². The van der Waals surface area contributed by atoms with Crippen molar-refractivity contribution >= 4 is 11.7 Å². The molecule has 1 aliphatic rings. The second-order valence-electron chi connectivity index (χ2n) is 3.70. The number of ether oxygens (including phenoxy) is 2. The van der Waals surface area contributed by atoms with Gasteiger partial charge in [0.25, 0.3) is 0 Å². The molecule has 1 aromatic carbocycles. The Morgan fingerprint density at radius 2 is 2.31 bits per heavy atom. The summed E-state index contributed by atoms with van der Waals surface area (Å²) in [5.41, 5.74) is -0.337. The van der Waals surface area contributed by atoms with Gasteiger partial charge in [0, 0.05) is 5.69 Å². The third-order valence-electron chi connectivity index (χ3n) is 2.48. The monoisotopic (exact) mass is 225 g/mol.